The summed E-state index contributed by atoms with van der Waals surface area (Å²) in [5.41, 5.74) is 3.32. The zero-order valence-corrected chi connectivity index (χ0v) is 20.8. The van der Waals surface area contributed by atoms with E-state index in [1.807, 2.05) is 49.4 Å². The summed E-state index contributed by atoms with van der Waals surface area (Å²) in [7, 11) is 0. The molecule has 0 unspecified atom stereocenters. The van der Waals surface area contributed by atoms with Gasteiger partial charge in [0.05, 0.1) is 13.2 Å². The van der Waals surface area contributed by atoms with E-state index in [2.05, 4.69) is 33.3 Å². The average molecular weight is 477 g/mol. The lowest BCUT2D eigenvalue weighted by Gasteiger charge is -2.30. The van der Waals surface area contributed by atoms with Crippen molar-refractivity contribution in [2.45, 2.75) is 52.5 Å². The van der Waals surface area contributed by atoms with E-state index in [-0.39, 0.29) is 11.8 Å². The molecular formula is C28H36N4O3. The van der Waals surface area contributed by atoms with Crippen LogP contribution >= 0.6 is 0 Å². The summed E-state index contributed by atoms with van der Waals surface area (Å²) in [4.78, 5) is 19.5. The number of amides is 1. The number of carbonyl (C=O) groups excluding carboxylic acids is 1. The summed E-state index contributed by atoms with van der Waals surface area (Å²) in [6, 6.07) is 16.2. The molecule has 3 aromatic rings. The van der Waals surface area contributed by atoms with Crippen LogP contribution in [0.15, 0.2) is 53.1 Å². The van der Waals surface area contributed by atoms with Gasteiger partial charge in [0.25, 0.3) is 0 Å². The third-order valence-electron chi connectivity index (χ3n) is 6.53. The van der Waals surface area contributed by atoms with Crippen molar-refractivity contribution < 1.29 is 14.1 Å². The van der Waals surface area contributed by atoms with E-state index in [1.54, 1.807) is 0 Å². The molecular weight excluding hydrogens is 440 g/mol. The van der Waals surface area contributed by atoms with E-state index in [0.29, 0.717) is 24.8 Å². The lowest BCUT2D eigenvalue weighted by molar-refractivity contribution is -0.126. The summed E-state index contributed by atoms with van der Waals surface area (Å²) in [5.74, 6) is 2.44. The molecule has 2 aromatic carbocycles. The molecule has 1 N–H and O–H groups in total. The predicted octanol–water partition coefficient (Wildman–Crippen LogP) is 4.79. The highest BCUT2D eigenvalue weighted by atomic mass is 16.5. The van der Waals surface area contributed by atoms with Gasteiger partial charge in [-0.05, 0) is 69.3 Å². The van der Waals surface area contributed by atoms with Crippen LogP contribution in [0, 0.1) is 12.8 Å². The van der Waals surface area contributed by atoms with Crippen LogP contribution in [0.5, 0.6) is 5.75 Å². The molecule has 0 radical (unpaired) electrons. The summed E-state index contributed by atoms with van der Waals surface area (Å²) < 4.78 is 11.3. The monoisotopic (exact) mass is 476 g/mol. The number of carbonyl (C=O) groups is 1. The molecule has 2 heterocycles. The molecule has 7 heteroatoms. The molecule has 35 heavy (non-hydrogen) atoms. The number of ether oxygens (including phenoxy) is 1. The number of hydrogen-bond donors (Lipinski definition) is 1. The molecule has 1 saturated heterocycles. The highest BCUT2D eigenvalue weighted by molar-refractivity contribution is 5.78. The van der Waals surface area contributed by atoms with Gasteiger partial charge in [0.2, 0.25) is 17.6 Å². The van der Waals surface area contributed by atoms with E-state index in [0.717, 1.165) is 68.7 Å². The Kier molecular flexibility index (Phi) is 8.90. The van der Waals surface area contributed by atoms with Gasteiger partial charge < -0.3 is 14.6 Å². The van der Waals surface area contributed by atoms with Crippen LogP contribution in [0.2, 0.25) is 0 Å². The minimum Gasteiger partial charge on any atom is -0.493 e. The third kappa shape index (κ3) is 6.92. The van der Waals surface area contributed by atoms with Crippen LogP contribution in [0.25, 0.3) is 11.4 Å². The Morgan fingerprint density at radius 2 is 1.91 bits per heavy atom. The van der Waals surface area contributed by atoms with Gasteiger partial charge >= 0.3 is 0 Å². The first-order valence-corrected chi connectivity index (χ1v) is 12.7. The summed E-state index contributed by atoms with van der Waals surface area (Å²) in [6.45, 7) is 7.88. The molecule has 7 nitrogen and oxygen atoms in total. The number of aryl methyl sites for hydroxylation is 2. The van der Waals surface area contributed by atoms with Crippen LogP contribution in [0.1, 0.15) is 49.6 Å². The molecule has 0 saturated carbocycles. The van der Waals surface area contributed by atoms with Crippen molar-refractivity contribution in [3.63, 3.8) is 0 Å². The minimum atomic E-state index is 0.0663. The molecule has 0 spiro atoms. The number of piperidine rings is 1. The van der Waals surface area contributed by atoms with E-state index in [4.69, 9.17) is 9.26 Å². The van der Waals surface area contributed by atoms with Gasteiger partial charge in [0.1, 0.15) is 5.75 Å². The fourth-order valence-corrected chi connectivity index (χ4v) is 4.49. The molecule has 186 valence electrons. The Labute approximate surface area is 207 Å². The summed E-state index contributed by atoms with van der Waals surface area (Å²) >= 11 is 0. The zero-order chi connectivity index (χ0) is 24.5. The third-order valence-corrected chi connectivity index (χ3v) is 6.53. The molecule has 0 atom stereocenters. The topological polar surface area (TPSA) is 80.5 Å². The van der Waals surface area contributed by atoms with Crippen LogP contribution in [0.4, 0.5) is 0 Å². The van der Waals surface area contributed by atoms with Crippen molar-refractivity contribution in [2.75, 3.05) is 26.2 Å². The first kappa shape index (κ1) is 24.9. The smallest absolute Gasteiger partial charge is 0.241 e. The maximum Gasteiger partial charge on any atom is 0.241 e. The van der Waals surface area contributed by atoms with Crippen molar-refractivity contribution in [1.29, 1.82) is 0 Å². The van der Waals surface area contributed by atoms with Crippen LogP contribution in [-0.4, -0.2) is 47.2 Å². The van der Waals surface area contributed by atoms with Gasteiger partial charge in [-0.3, -0.25) is 9.69 Å². The molecule has 0 aliphatic carbocycles. The Morgan fingerprint density at radius 1 is 1.14 bits per heavy atom. The van der Waals surface area contributed by atoms with Crippen molar-refractivity contribution >= 4 is 5.91 Å². The zero-order valence-electron chi connectivity index (χ0n) is 20.8. The maximum atomic E-state index is 12.7. The van der Waals surface area contributed by atoms with Crippen LogP contribution < -0.4 is 10.1 Å². The number of nitrogens with zero attached hydrogens (tertiary/aromatic N) is 3. The van der Waals surface area contributed by atoms with Gasteiger partial charge in [-0.2, -0.15) is 4.98 Å². The Bertz CT molecular complexity index is 1090. The summed E-state index contributed by atoms with van der Waals surface area (Å²) in [6.07, 6.45) is 4.48. The largest absolute Gasteiger partial charge is 0.493 e. The number of hydrogen-bond acceptors (Lipinski definition) is 6. The van der Waals surface area contributed by atoms with Crippen LogP contribution in [0.3, 0.4) is 0 Å². The molecule has 1 aliphatic rings. The fraction of sp³-hybridized carbons (Fsp3) is 0.464. The highest BCUT2D eigenvalue weighted by Crippen LogP contribution is 2.23. The molecule has 1 aromatic heterocycles. The molecule has 1 fully saturated rings. The average Bonchev–Trinajstić information content (AvgIpc) is 3.34. The van der Waals surface area contributed by atoms with Crippen molar-refractivity contribution in [2.24, 2.45) is 5.92 Å². The van der Waals surface area contributed by atoms with Gasteiger partial charge in [-0.15, -0.1) is 0 Å². The quantitative estimate of drug-likeness (QED) is 0.401. The van der Waals surface area contributed by atoms with E-state index in [9.17, 15) is 4.79 Å². The number of aromatic nitrogens is 2. The Morgan fingerprint density at radius 3 is 2.71 bits per heavy atom. The number of likely N-dealkylation sites (tertiary alicyclic amines) is 1. The van der Waals surface area contributed by atoms with Crippen molar-refractivity contribution in [1.82, 2.24) is 20.4 Å². The first-order chi connectivity index (χ1) is 17.1. The second kappa shape index (κ2) is 12.5. The molecule has 1 aliphatic heterocycles. The standard InChI is InChI=1S/C28H36N4O3/c1-3-19-34-25-13-7-5-10-22(25)11-8-16-29-28(33)23-14-17-32(18-15-23)20-26-30-27(31-35-26)24-12-6-4-9-21(24)2/h4-7,9-10,12-13,23H,3,8,11,14-20H2,1-2H3,(H,29,33). The predicted molar refractivity (Wildman–Crippen MR) is 136 cm³/mol. The number of nitrogens with one attached hydrogen (secondary N) is 1. The molecule has 4 rings (SSSR count). The normalized spacial score (nSPS) is 14.7. The SMILES string of the molecule is CCCOc1ccccc1CCCNC(=O)C1CCN(Cc2nc(-c3ccccc3C)no2)CC1. The summed E-state index contributed by atoms with van der Waals surface area (Å²) in [5, 5.41) is 7.29. The first-order valence-electron chi connectivity index (χ1n) is 12.7. The maximum absolute atomic E-state index is 12.7. The highest BCUT2D eigenvalue weighted by Gasteiger charge is 2.26. The molecule has 1 amide bonds. The van der Waals surface area contributed by atoms with E-state index in [1.165, 1.54) is 5.56 Å². The van der Waals surface area contributed by atoms with E-state index < -0.39 is 0 Å². The second-order valence-electron chi connectivity index (χ2n) is 9.23. The van der Waals surface area contributed by atoms with Crippen molar-refractivity contribution in [3.05, 3.63) is 65.5 Å². The lowest BCUT2D eigenvalue weighted by atomic mass is 9.96. The van der Waals surface area contributed by atoms with E-state index >= 15 is 0 Å². The Hall–Kier alpha value is -3.19. The molecule has 0 bridgehead atoms. The number of benzene rings is 2. The van der Waals surface area contributed by atoms with Crippen LogP contribution in [-0.2, 0) is 17.8 Å². The van der Waals surface area contributed by atoms with Gasteiger partial charge in [0, 0.05) is 18.0 Å². The second-order valence-corrected chi connectivity index (χ2v) is 9.23. The number of para-hydroxylation sites is 1. The van der Waals surface area contributed by atoms with Gasteiger partial charge in [0.15, 0.2) is 0 Å². The lowest BCUT2D eigenvalue weighted by Crippen LogP contribution is -2.40. The Balaban J connectivity index is 1.17. The van der Waals surface area contributed by atoms with Gasteiger partial charge in [-0.1, -0.05) is 54.5 Å². The van der Waals surface area contributed by atoms with Crippen molar-refractivity contribution in [3.8, 4) is 17.1 Å². The fourth-order valence-electron chi connectivity index (χ4n) is 4.49. The minimum absolute atomic E-state index is 0.0663. The van der Waals surface area contributed by atoms with Gasteiger partial charge in [-0.25, -0.2) is 0 Å². The number of rotatable bonds is 11.